The monoisotopic (exact) mass is 719 g/mol. The fourth-order valence-electron chi connectivity index (χ4n) is 8.09. The summed E-state index contributed by atoms with van der Waals surface area (Å²) >= 11 is 0. The molecule has 9 rings (SSSR count). The zero-order valence-corrected chi connectivity index (χ0v) is 30.8. The van der Waals surface area contributed by atoms with E-state index in [4.69, 9.17) is 16.5 Å². The van der Waals surface area contributed by atoms with Crippen LogP contribution >= 0.6 is 0 Å². The molecule has 55 heavy (non-hydrogen) atoms. The van der Waals surface area contributed by atoms with E-state index in [0.29, 0.717) is 0 Å². The number of rotatable bonds is 8. The first-order valence-electron chi connectivity index (χ1n) is 19.1. The van der Waals surface area contributed by atoms with Crippen LogP contribution in [0.25, 0.3) is 33.4 Å². The molecule has 6 aromatic rings. The molecular weight excluding hydrogens is 675 g/mol. The second-order valence-electron chi connectivity index (χ2n) is 14.5. The van der Waals surface area contributed by atoms with Gasteiger partial charge in [0.1, 0.15) is 18.2 Å². The summed E-state index contributed by atoms with van der Waals surface area (Å²) in [4.78, 5) is 7.67. The van der Waals surface area contributed by atoms with Gasteiger partial charge in [-0.3, -0.25) is 10.6 Å². The largest absolute Gasteiger partial charge is 0.399 e. The highest BCUT2D eigenvalue weighted by molar-refractivity contribution is 5.99. The lowest BCUT2D eigenvalue weighted by Crippen LogP contribution is -2.44. The van der Waals surface area contributed by atoms with Crippen LogP contribution in [0.2, 0.25) is 0 Å². The van der Waals surface area contributed by atoms with E-state index in [9.17, 15) is 0 Å². The molecule has 0 amide bonds. The van der Waals surface area contributed by atoms with Gasteiger partial charge in [0.2, 0.25) is 0 Å². The van der Waals surface area contributed by atoms with Crippen molar-refractivity contribution in [3.63, 3.8) is 0 Å². The van der Waals surface area contributed by atoms with Crippen molar-refractivity contribution >= 4 is 22.9 Å². The number of hydrogen-bond acceptors (Lipinski definition) is 7. The molecular formula is C48H45N7. The predicted molar refractivity (Wildman–Crippen MR) is 228 cm³/mol. The maximum atomic E-state index is 6.40. The summed E-state index contributed by atoms with van der Waals surface area (Å²) in [5, 5.41) is 11.3. The van der Waals surface area contributed by atoms with Gasteiger partial charge in [-0.05, 0) is 75.7 Å². The van der Waals surface area contributed by atoms with Crippen molar-refractivity contribution in [2.45, 2.75) is 43.9 Å². The summed E-state index contributed by atoms with van der Waals surface area (Å²) in [7, 11) is 0. The van der Waals surface area contributed by atoms with Crippen molar-refractivity contribution in [2.24, 2.45) is 4.99 Å². The van der Waals surface area contributed by atoms with Gasteiger partial charge in [-0.2, -0.15) is 0 Å². The molecule has 1 aliphatic carbocycles. The highest BCUT2D eigenvalue weighted by Gasteiger charge is 2.39. The number of benzene rings is 6. The molecule has 2 aliphatic heterocycles. The molecule has 7 nitrogen and oxygen atoms in total. The Balaban J connectivity index is 0.977. The maximum Gasteiger partial charge on any atom is 0.131 e. The van der Waals surface area contributed by atoms with E-state index in [1.165, 1.54) is 11.1 Å². The Bertz CT molecular complexity index is 2380. The average molecular weight is 720 g/mol. The molecule has 272 valence electrons. The number of fused-ring (bicyclic) bond motifs is 1. The molecule has 7 heteroatoms. The molecule has 0 aromatic heterocycles. The van der Waals surface area contributed by atoms with E-state index < -0.39 is 0 Å². The number of nitrogens with zero attached hydrogens (tertiary/aromatic N) is 2. The van der Waals surface area contributed by atoms with Gasteiger partial charge >= 0.3 is 0 Å². The third-order valence-corrected chi connectivity index (χ3v) is 11.0. The molecule has 3 aliphatic rings. The van der Waals surface area contributed by atoms with Crippen LogP contribution in [-0.2, 0) is 0 Å². The van der Waals surface area contributed by atoms with Crippen LogP contribution in [0.3, 0.4) is 0 Å². The number of aliphatic imine (C=N–C) groups is 1. The van der Waals surface area contributed by atoms with Crippen molar-refractivity contribution in [1.82, 2.24) is 16.0 Å². The number of anilines is 3. The van der Waals surface area contributed by atoms with E-state index in [2.05, 4.69) is 161 Å². The van der Waals surface area contributed by atoms with Crippen LogP contribution in [0.15, 0.2) is 175 Å². The lowest BCUT2D eigenvalue weighted by molar-refractivity contribution is 0.409. The molecule has 2 heterocycles. The van der Waals surface area contributed by atoms with E-state index in [1.807, 2.05) is 36.4 Å². The molecule has 1 saturated heterocycles. The smallest absolute Gasteiger partial charge is 0.131 e. The van der Waals surface area contributed by atoms with Gasteiger partial charge < -0.3 is 21.7 Å². The maximum absolute atomic E-state index is 6.40. The van der Waals surface area contributed by atoms with Crippen molar-refractivity contribution in [3.05, 3.63) is 187 Å². The normalized spacial score (nSPS) is 21.5. The average Bonchev–Trinajstić information content (AvgIpc) is 3.63. The number of nitrogens with one attached hydrogen (secondary N) is 3. The van der Waals surface area contributed by atoms with Crippen molar-refractivity contribution < 1.29 is 0 Å². The zero-order valence-electron chi connectivity index (χ0n) is 30.8. The lowest BCUT2D eigenvalue weighted by atomic mass is 9.96. The SMILES string of the molecule is CCC1NC2C=CC=CC2N1c1cc(N)ccc1-c1ccc(-c2ccc(C3NC(c4ccccc4)=NC(c4cccc(-c5ccc(N)cc5)c4)N3)cc2)cc1. The minimum Gasteiger partial charge on any atom is -0.399 e. The third kappa shape index (κ3) is 6.92. The van der Waals surface area contributed by atoms with Crippen LogP contribution in [-0.4, -0.2) is 24.1 Å². The van der Waals surface area contributed by atoms with Crippen molar-refractivity contribution in [3.8, 4) is 33.4 Å². The summed E-state index contributed by atoms with van der Waals surface area (Å²) in [6.07, 6.45) is 9.64. The fourth-order valence-corrected chi connectivity index (χ4v) is 8.09. The standard InChI is InChI=1S/C48H45N7/c1-2-45-51-42-13-6-7-14-43(42)55(45)44-30-40(50)27-28-41(44)34-19-15-31(16-20-34)32-17-21-36(22-18-32)47-52-46(35-9-4-3-5-10-35)53-48(54-47)38-12-8-11-37(29-38)33-23-25-39(49)26-24-33/h3-30,42-43,45,47-48,51,54H,2,49-50H2,1H3,(H,52,53). The van der Waals surface area contributed by atoms with E-state index >= 15 is 0 Å². The molecule has 5 atom stereocenters. The summed E-state index contributed by atoms with van der Waals surface area (Å²) in [5.74, 6) is 0.857. The highest BCUT2D eigenvalue weighted by Crippen LogP contribution is 2.39. The lowest BCUT2D eigenvalue weighted by Gasteiger charge is -2.33. The van der Waals surface area contributed by atoms with Gasteiger partial charge in [0.15, 0.2) is 0 Å². The van der Waals surface area contributed by atoms with Crippen LogP contribution in [0.4, 0.5) is 17.1 Å². The number of hydrogen-bond donors (Lipinski definition) is 5. The first-order valence-corrected chi connectivity index (χ1v) is 19.1. The van der Waals surface area contributed by atoms with Crippen LogP contribution < -0.4 is 32.3 Å². The van der Waals surface area contributed by atoms with Gasteiger partial charge in [-0.1, -0.05) is 146 Å². The van der Waals surface area contributed by atoms with Gasteiger partial charge in [0.05, 0.1) is 18.2 Å². The Morgan fingerprint density at radius 1 is 0.582 bits per heavy atom. The highest BCUT2D eigenvalue weighted by atomic mass is 15.4. The second-order valence-corrected chi connectivity index (χ2v) is 14.5. The summed E-state index contributed by atoms with van der Waals surface area (Å²) in [6, 6.07) is 51.4. The molecule has 0 spiro atoms. The number of nitrogens with two attached hydrogens (primary N) is 2. The first kappa shape index (κ1) is 34.4. The van der Waals surface area contributed by atoms with Gasteiger partial charge in [-0.15, -0.1) is 0 Å². The Labute approximate surface area is 323 Å². The summed E-state index contributed by atoms with van der Waals surface area (Å²) < 4.78 is 0. The van der Waals surface area contributed by atoms with Gasteiger partial charge in [0.25, 0.3) is 0 Å². The molecule has 0 bridgehead atoms. The first-order chi connectivity index (χ1) is 27.0. The van der Waals surface area contributed by atoms with Gasteiger partial charge in [-0.25, -0.2) is 4.99 Å². The summed E-state index contributed by atoms with van der Waals surface area (Å²) in [6.45, 7) is 2.23. The van der Waals surface area contributed by atoms with Crippen LogP contribution in [0.1, 0.15) is 42.4 Å². The third-order valence-electron chi connectivity index (χ3n) is 11.0. The Hall–Kier alpha value is -6.41. The predicted octanol–water partition coefficient (Wildman–Crippen LogP) is 9.20. The molecule has 0 radical (unpaired) electrons. The minimum atomic E-state index is -0.249. The Kier molecular flexibility index (Phi) is 9.24. The van der Waals surface area contributed by atoms with E-state index in [1.54, 1.807) is 0 Å². The van der Waals surface area contributed by atoms with E-state index in [0.717, 1.165) is 68.3 Å². The fraction of sp³-hybridized carbons (Fsp3) is 0.146. The zero-order chi connectivity index (χ0) is 37.3. The molecule has 5 unspecified atom stereocenters. The topological polar surface area (TPSA) is 104 Å². The molecule has 1 fully saturated rings. The van der Waals surface area contributed by atoms with Crippen LogP contribution in [0.5, 0.6) is 0 Å². The molecule has 6 aromatic carbocycles. The van der Waals surface area contributed by atoms with Gasteiger partial charge in [0, 0.05) is 28.2 Å². The Morgan fingerprint density at radius 3 is 2.00 bits per heavy atom. The number of amidine groups is 1. The van der Waals surface area contributed by atoms with E-state index in [-0.39, 0.29) is 30.6 Å². The number of nitrogen functional groups attached to an aromatic ring is 2. The Morgan fingerprint density at radius 2 is 1.24 bits per heavy atom. The number of allylic oxidation sites excluding steroid dienone is 2. The molecule has 0 saturated carbocycles. The van der Waals surface area contributed by atoms with Crippen molar-refractivity contribution in [1.29, 1.82) is 0 Å². The minimum absolute atomic E-state index is 0.153. The van der Waals surface area contributed by atoms with Crippen molar-refractivity contribution in [2.75, 3.05) is 16.4 Å². The summed E-state index contributed by atoms with van der Waals surface area (Å²) in [5.41, 5.74) is 25.2. The second kappa shape index (κ2) is 14.8. The quantitative estimate of drug-likeness (QED) is 0.101. The van der Waals surface area contributed by atoms with Crippen LogP contribution in [0, 0.1) is 0 Å². The molecule has 7 N–H and O–H groups in total.